The Labute approximate surface area is 190 Å². The molecule has 1 amide bonds. The van der Waals surface area contributed by atoms with Crippen LogP contribution in [0.3, 0.4) is 0 Å². The Morgan fingerprint density at radius 2 is 1.97 bits per heavy atom. The van der Waals surface area contributed by atoms with Crippen LogP contribution in [-0.2, 0) is 14.3 Å². The first-order valence-corrected chi connectivity index (χ1v) is 10.9. The average molecular weight is 497 g/mol. The number of hydrogen-bond acceptors (Lipinski definition) is 6. The van der Waals surface area contributed by atoms with Crippen molar-refractivity contribution < 1.29 is 18.7 Å². The third-order valence-corrected chi connectivity index (χ3v) is 5.78. The third kappa shape index (κ3) is 5.48. The van der Waals surface area contributed by atoms with Crippen LogP contribution in [0.2, 0.25) is 0 Å². The molecule has 0 aliphatic rings. The van der Waals surface area contributed by atoms with E-state index in [-0.39, 0.29) is 6.61 Å². The van der Waals surface area contributed by atoms with Crippen molar-refractivity contribution in [3.8, 4) is 10.6 Å². The predicted octanol–water partition coefficient (Wildman–Crippen LogP) is 5.82. The smallest absolute Gasteiger partial charge is 0.331 e. The molecule has 0 atom stereocenters. The van der Waals surface area contributed by atoms with Crippen molar-refractivity contribution in [2.75, 3.05) is 11.9 Å². The van der Waals surface area contributed by atoms with Gasteiger partial charge in [0.05, 0.1) is 10.2 Å². The SMILES string of the molecule is Cc1ccc2nc(-c3ccc(NC(=O)COC(=O)/C=C/c4ccc(Br)o4)cc3)sc2c1. The second kappa shape index (κ2) is 9.28. The Morgan fingerprint density at radius 1 is 1.16 bits per heavy atom. The molecule has 0 aliphatic heterocycles. The van der Waals surface area contributed by atoms with Crippen LogP contribution in [0.15, 0.2) is 69.8 Å². The number of aromatic nitrogens is 1. The molecule has 0 aliphatic carbocycles. The molecule has 0 unspecified atom stereocenters. The molecule has 0 saturated heterocycles. The van der Waals surface area contributed by atoms with Gasteiger partial charge in [0, 0.05) is 17.3 Å². The normalized spacial score (nSPS) is 11.2. The topological polar surface area (TPSA) is 81.4 Å². The Bertz CT molecular complexity index is 1270. The first-order valence-electron chi connectivity index (χ1n) is 9.34. The molecular formula is C23H17BrN2O4S. The number of carbonyl (C=O) groups is 2. The van der Waals surface area contributed by atoms with E-state index in [1.54, 1.807) is 35.6 Å². The summed E-state index contributed by atoms with van der Waals surface area (Å²) < 4.78 is 11.9. The van der Waals surface area contributed by atoms with E-state index in [0.717, 1.165) is 20.8 Å². The largest absolute Gasteiger partial charge is 0.452 e. The number of halogens is 1. The van der Waals surface area contributed by atoms with Gasteiger partial charge in [0.2, 0.25) is 0 Å². The summed E-state index contributed by atoms with van der Waals surface area (Å²) in [6.07, 6.45) is 2.67. The first-order chi connectivity index (χ1) is 15.0. The van der Waals surface area contributed by atoms with Crippen LogP contribution in [0.4, 0.5) is 5.69 Å². The van der Waals surface area contributed by atoms with Gasteiger partial charge in [-0.2, -0.15) is 0 Å². The van der Waals surface area contributed by atoms with Crippen molar-refractivity contribution in [3.05, 3.63) is 76.7 Å². The maximum absolute atomic E-state index is 12.1. The summed E-state index contributed by atoms with van der Waals surface area (Å²) in [4.78, 5) is 28.4. The summed E-state index contributed by atoms with van der Waals surface area (Å²) in [5.41, 5.74) is 3.75. The monoisotopic (exact) mass is 496 g/mol. The maximum atomic E-state index is 12.1. The van der Waals surface area contributed by atoms with E-state index in [0.29, 0.717) is 16.1 Å². The van der Waals surface area contributed by atoms with Gasteiger partial charge >= 0.3 is 5.97 Å². The second-order valence-electron chi connectivity index (χ2n) is 6.70. The number of anilines is 1. The summed E-state index contributed by atoms with van der Waals surface area (Å²) >= 11 is 4.80. The summed E-state index contributed by atoms with van der Waals surface area (Å²) in [5.74, 6) is -0.563. The number of nitrogens with zero attached hydrogens (tertiary/aromatic N) is 1. The highest BCUT2D eigenvalue weighted by Crippen LogP contribution is 2.31. The third-order valence-electron chi connectivity index (χ3n) is 4.28. The number of nitrogens with one attached hydrogen (secondary N) is 1. The number of amides is 1. The van der Waals surface area contributed by atoms with Crippen molar-refractivity contribution in [1.82, 2.24) is 4.98 Å². The zero-order valence-corrected chi connectivity index (χ0v) is 18.8. The minimum absolute atomic E-state index is 0.385. The fourth-order valence-corrected chi connectivity index (χ4v) is 4.19. The van der Waals surface area contributed by atoms with Gasteiger partial charge in [0.25, 0.3) is 5.91 Å². The first kappa shape index (κ1) is 21.0. The van der Waals surface area contributed by atoms with Crippen molar-refractivity contribution in [3.63, 3.8) is 0 Å². The number of fused-ring (bicyclic) bond motifs is 1. The molecular weight excluding hydrogens is 480 g/mol. The van der Waals surface area contributed by atoms with E-state index in [1.807, 2.05) is 24.3 Å². The molecule has 8 heteroatoms. The zero-order valence-electron chi connectivity index (χ0n) is 16.4. The zero-order chi connectivity index (χ0) is 21.8. The number of ether oxygens (including phenoxy) is 1. The van der Waals surface area contributed by atoms with E-state index in [2.05, 4.69) is 39.2 Å². The van der Waals surface area contributed by atoms with Gasteiger partial charge in [-0.1, -0.05) is 6.07 Å². The van der Waals surface area contributed by atoms with Crippen molar-refractivity contribution >= 4 is 61.1 Å². The van der Waals surface area contributed by atoms with Gasteiger partial charge in [-0.05, 0) is 83.0 Å². The van der Waals surface area contributed by atoms with Gasteiger partial charge in [-0.3, -0.25) is 4.79 Å². The number of carbonyl (C=O) groups excluding carboxylic acids is 2. The highest BCUT2D eigenvalue weighted by Gasteiger charge is 2.09. The number of thiazole rings is 1. The number of rotatable bonds is 6. The van der Waals surface area contributed by atoms with Crippen LogP contribution in [0.1, 0.15) is 11.3 Å². The molecule has 31 heavy (non-hydrogen) atoms. The van der Waals surface area contributed by atoms with Crippen LogP contribution in [0, 0.1) is 6.92 Å². The maximum Gasteiger partial charge on any atom is 0.331 e. The van der Waals surface area contributed by atoms with Crippen molar-refractivity contribution in [1.29, 1.82) is 0 Å². The Balaban J connectivity index is 1.31. The highest BCUT2D eigenvalue weighted by molar-refractivity contribution is 9.10. The van der Waals surface area contributed by atoms with Crippen LogP contribution >= 0.6 is 27.3 Å². The minimum atomic E-state index is -0.635. The fraction of sp³-hybridized carbons (Fsp3) is 0.0870. The lowest BCUT2D eigenvalue weighted by atomic mass is 10.2. The molecule has 1 N–H and O–H groups in total. The molecule has 0 spiro atoms. The van der Waals surface area contributed by atoms with E-state index >= 15 is 0 Å². The lowest BCUT2D eigenvalue weighted by Crippen LogP contribution is -2.20. The Hall–Kier alpha value is -3.23. The second-order valence-corrected chi connectivity index (χ2v) is 8.51. The Morgan fingerprint density at radius 3 is 2.71 bits per heavy atom. The predicted molar refractivity (Wildman–Crippen MR) is 125 cm³/mol. The van der Waals surface area contributed by atoms with E-state index in [9.17, 15) is 9.59 Å². The van der Waals surface area contributed by atoms with Gasteiger partial charge in [-0.25, -0.2) is 9.78 Å². The molecule has 4 rings (SSSR count). The molecule has 2 heterocycles. The summed E-state index contributed by atoms with van der Waals surface area (Å²) in [5, 5.41) is 3.62. The summed E-state index contributed by atoms with van der Waals surface area (Å²) in [7, 11) is 0. The van der Waals surface area contributed by atoms with Gasteiger partial charge in [0.1, 0.15) is 10.8 Å². The van der Waals surface area contributed by atoms with Crippen molar-refractivity contribution in [2.45, 2.75) is 6.92 Å². The summed E-state index contributed by atoms with van der Waals surface area (Å²) in [6.45, 7) is 1.67. The molecule has 0 fully saturated rings. The van der Waals surface area contributed by atoms with Crippen LogP contribution in [-0.4, -0.2) is 23.5 Å². The molecule has 0 saturated carbocycles. The average Bonchev–Trinajstić information content (AvgIpc) is 3.36. The Kier molecular flexibility index (Phi) is 6.29. The van der Waals surface area contributed by atoms with Crippen molar-refractivity contribution in [2.24, 2.45) is 0 Å². The minimum Gasteiger partial charge on any atom is -0.452 e. The lowest BCUT2D eigenvalue weighted by molar-refractivity contribution is -0.142. The standard InChI is InChI=1S/C23H17BrN2O4S/c1-14-2-9-18-19(12-14)31-23(26-18)15-3-5-16(6-4-15)25-21(27)13-29-22(28)11-8-17-7-10-20(24)30-17/h2-12H,13H2,1H3,(H,25,27)/b11-8+. The molecule has 4 aromatic rings. The lowest BCUT2D eigenvalue weighted by Gasteiger charge is -2.06. The van der Waals surface area contributed by atoms with E-state index in [4.69, 9.17) is 9.15 Å². The van der Waals surface area contributed by atoms with Crippen LogP contribution in [0.25, 0.3) is 26.9 Å². The van der Waals surface area contributed by atoms with E-state index in [1.165, 1.54) is 17.7 Å². The molecule has 0 radical (unpaired) electrons. The van der Waals surface area contributed by atoms with Crippen LogP contribution < -0.4 is 5.32 Å². The fourth-order valence-electron chi connectivity index (χ4n) is 2.80. The van der Waals surface area contributed by atoms with Gasteiger partial charge in [-0.15, -0.1) is 11.3 Å². The molecule has 156 valence electrons. The number of aryl methyl sites for hydroxylation is 1. The highest BCUT2D eigenvalue weighted by atomic mass is 79.9. The quantitative estimate of drug-likeness (QED) is 0.268. The molecule has 2 aromatic carbocycles. The number of furan rings is 1. The number of benzene rings is 2. The number of esters is 1. The molecule has 6 nitrogen and oxygen atoms in total. The van der Waals surface area contributed by atoms with E-state index < -0.39 is 11.9 Å². The molecule has 0 bridgehead atoms. The summed E-state index contributed by atoms with van der Waals surface area (Å²) in [6, 6.07) is 17.0. The number of hydrogen-bond donors (Lipinski definition) is 1. The van der Waals surface area contributed by atoms with Gasteiger partial charge in [0.15, 0.2) is 11.3 Å². The molecule has 2 aromatic heterocycles. The van der Waals surface area contributed by atoms with Gasteiger partial charge < -0.3 is 14.5 Å². The van der Waals surface area contributed by atoms with Crippen LogP contribution in [0.5, 0.6) is 0 Å².